The lowest BCUT2D eigenvalue weighted by atomic mass is 9.98. The third kappa shape index (κ3) is 3.35. The summed E-state index contributed by atoms with van der Waals surface area (Å²) in [6.07, 6.45) is 1.11. The number of rotatable bonds is 4. The van der Waals surface area contributed by atoms with E-state index in [-0.39, 0.29) is 0 Å². The Labute approximate surface area is 116 Å². The third-order valence-corrected chi connectivity index (χ3v) is 4.00. The van der Waals surface area contributed by atoms with Crippen LogP contribution in [0.1, 0.15) is 36.1 Å². The molecule has 1 aliphatic rings. The van der Waals surface area contributed by atoms with E-state index in [4.69, 9.17) is 10.5 Å². The molecule has 1 fully saturated rings. The van der Waals surface area contributed by atoms with E-state index in [1.54, 1.807) is 0 Å². The van der Waals surface area contributed by atoms with E-state index in [0.29, 0.717) is 18.6 Å². The third-order valence-electron chi connectivity index (χ3n) is 4.00. The summed E-state index contributed by atoms with van der Waals surface area (Å²) >= 11 is 0. The molecular weight excluding hydrogens is 236 g/mol. The monoisotopic (exact) mass is 262 g/mol. The maximum Gasteiger partial charge on any atom is 0.0622 e. The summed E-state index contributed by atoms with van der Waals surface area (Å²) < 4.78 is 5.60. The summed E-state index contributed by atoms with van der Waals surface area (Å²) in [6, 6.07) is 7.56. The minimum Gasteiger partial charge on any atom is -0.378 e. The van der Waals surface area contributed by atoms with Crippen LogP contribution >= 0.6 is 0 Å². The van der Waals surface area contributed by atoms with Crippen molar-refractivity contribution in [1.82, 2.24) is 4.90 Å². The molecule has 3 heteroatoms. The summed E-state index contributed by atoms with van der Waals surface area (Å²) in [7, 11) is 0. The number of benzene rings is 1. The van der Waals surface area contributed by atoms with Gasteiger partial charge in [-0.3, -0.25) is 4.90 Å². The van der Waals surface area contributed by atoms with Gasteiger partial charge >= 0.3 is 0 Å². The van der Waals surface area contributed by atoms with Crippen molar-refractivity contribution in [3.63, 3.8) is 0 Å². The molecule has 1 heterocycles. The van der Waals surface area contributed by atoms with E-state index >= 15 is 0 Å². The highest BCUT2D eigenvalue weighted by Gasteiger charge is 2.28. The van der Waals surface area contributed by atoms with Gasteiger partial charge in [0.15, 0.2) is 0 Å². The van der Waals surface area contributed by atoms with Crippen LogP contribution in [0.15, 0.2) is 18.2 Å². The van der Waals surface area contributed by atoms with Gasteiger partial charge in [-0.2, -0.15) is 0 Å². The zero-order valence-electron chi connectivity index (χ0n) is 12.4. The van der Waals surface area contributed by atoms with Crippen molar-refractivity contribution in [1.29, 1.82) is 0 Å². The van der Waals surface area contributed by atoms with Gasteiger partial charge in [0.1, 0.15) is 0 Å². The number of nitrogens with two attached hydrogens (primary N) is 1. The van der Waals surface area contributed by atoms with Gasteiger partial charge in [0.2, 0.25) is 0 Å². The van der Waals surface area contributed by atoms with Gasteiger partial charge in [-0.15, -0.1) is 0 Å². The van der Waals surface area contributed by atoms with Crippen LogP contribution in [0, 0.1) is 13.8 Å². The molecule has 0 saturated carbocycles. The van der Waals surface area contributed by atoms with E-state index in [2.05, 4.69) is 43.9 Å². The number of morpholine rings is 1. The summed E-state index contributed by atoms with van der Waals surface area (Å²) in [6.45, 7) is 9.82. The number of aryl methyl sites for hydroxylation is 2. The van der Waals surface area contributed by atoms with Crippen LogP contribution in [-0.2, 0) is 4.74 Å². The molecule has 19 heavy (non-hydrogen) atoms. The topological polar surface area (TPSA) is 38.5 Å². The van der Waals surface area contributed by atoms with E-state index in [1.807, 2.05) is 0 Å². The fourth-order valence-corrected chi connectivity index (χ4v) is 3.10. The molecule has 0 radical (unpaired) electrons. The standard InChI is InChI=1S/C16H26N2O/c1-4-15-11-19-6-5-18(15)16(10-17)14-8-12(2)7-13(3)9-14/h7-9,15-16H,4-6,10-11,17H2,1-3H3. The lowest BCUT2D eigenvalue weighted by Crippen LogP contribution is -2.48. The second kappa shape index (κ2) is 6.51. The minimum absolute atomic E-state index is 0.312. The van der Waals surface area contributed by atoms with Crippen molar-refractivity contribution >= 4 is 0 Å². The zero-order chi connectivity index (χ0) is 13.8. The Hall–Kier alpha value is -0.900. The first-order chi connectivity index (χ1) is 9.15. The van der Waals surface area contributed by atoms with Crippen LogP contribution in [0.25, 0.3) is 0 Å². The van der Waals surface area contributed by atoms with E-state index < -0.39 is 0 Å². The van der Waals surface area contributed by atoms with Crippen molar-refractivity contribution in [3.05, 3.63) is 34.9 Å². The van der Waals surface area contributed by atoms with Crippen LogP contribution in [-0.4, -0.2) is 37.2 Å². The number of hydrogen-bond donors (Lipinski definition) is 1. The Balaban J connectivity index is 2.27. The van der Waals surface area contributed by atoms with E-state index in [9.17, 15) is 0 Å². The van der Waals surface area contributed by atoms with Crippen molar-refractivity contribution in [2.45, 2.75) is 39.3 Å². The van der Waals surface area contributed by atoms with Crippen LogP contribution < -0.4 is 5.73 Å². The molecule has 1 saturated heterocycles. The van der Waals surface area contributed by atoms with Gasteiger partial charge in [-0.25, -0.2) is 0 Å². The van der Waals surface area contributed by atoms with Crippen molar-refractivity contribution in [2.75, 3.05) is 26.3 Å². The number of nitrogens with zero attached hydrogens (tertiary/aromatic N) is 1. The average Bonchev–Trinajstić information content (AvgIpc) is 2.39. The smallest absolute Gasteiger partial charge is 0.0622 e. The van der Waals surface area contributed by atoms with Gasteiger partial charge < -0.3 is 10.5 Å². The van der Waals surface area contributed by atoms with Gasteiger partial charge in [0.25, 0.3) is 0 Å². The van der Waals surface area contributed by atoms with Crippen molar-refractivity contribution in [3.8, 4) is 0 Å². The normalized spacial score (nSPS) is 22.4. The molecule has 0 bridgehead atoms. The summed E-state index contributed by atoms with van der Waals surface area (Å²) in [5.41, 5.74) is 10.0. The van der Waals surface area contributed by atoms with Crippen molar-refractivity contribution < 1.29 is 4.74 Å². The molecule has 106 valence electrons. The molecule has 1 aromatic rings. The molecule has 2 N–H and O–H groups in total. The fraction of sp³-hybridized carbons (Fsp3) is 0.625. The van der Waals surface area contributed by atoms with Crippen LogP contribution in [0.3, 0.4) is 0 Å². The Bertz CT molecular complexity index is 399. The van der Waals surface area contributed by atoms with Crippen molar-refractivity contribution in [2.24, 2.45) is 5.73 Å². The predicted octanol–water partition coefficient (Wildman–Crippen LogP) is 2.41. The quantitative estimate of drug-likeness (QED) is 0.905. The Morgan fingerprint density at radius 3 is 2.58 bits per heavy atom. The minimum atomic E-state index is 0.312. The van der Waals surface area contributed by atoms with Gasteiger partial charge in [0, 0.05) is 25.2 Å². The molecule has 0 amide bonds. The maximum atomic E-state index is 6.07. The molecule has 2 unspecified atom stereocenters. The fourth-order valence-electron chi connectivity index (χ4n) is 3.10. The maximum absolute atomic E-state index is 6.07. The first-order valence-corrected chi connectivity index (χ1v) is 7.27. The van der Waals surface area contributed by atoms with Crippen LogP contribution in [0.5, 0.6) is 0 Å². The van der Waals surface area contributed by atoms with Gasteiger partial charge in [-0.05, 0) is 25.8 Å². The Morgan fingerprint density at radius 2 is 2.00 bits per heavy atom. The molecule has 0 aromatic heterocycles. The second-order valence-corrected chi connectivity index (χ2v) is 5.55. The first-order valence-electron chi connectivity index (χ1n) is 7.27. The highest BCUT2D eigenvalue weighted by molar-refractivity contribution is 5.31. The number of hydrogen-bond acceptors (Lipinski definition) is 3. The van der Waals surface area contributed by atoms with E-state index in [1.165, 1.54) is 16.7 Å². The molecule has 2 rings (SSSR count). The largest absolute Gasteiger partial charge is 0.378 e. The Kier molecular flexibility index (Phi) is 4.97. The Morgan fingerprint density at radius 1 is 1.32 bits per heavy atom. The molecule has 3 nitrogen and oxygen atoms in total. The summed E-state index contributed by atoms with van der Waals surface area (Å²) in [5, 5.41) is 0. The van der Waals surface area contributed by atoms with Gasteiger partial charge in [-0.1, -0.05) is 36.2 Å². The first kappa shape index (κ1) is 14.5. The predicted molar refractivity (Wildman–Crippen MR) is 79.3 cm³/mol. The number of ether oxygens (including phenoxy) is 1. The second-order valence-electron chi connectivity index (χ2n) is 5.55. The van der Waals surface area contributed by atoms with Crippen LogP contribution in [0.4, 0.5) is 0 Å². The highest BCUT2D eigenvalue weighted by atomic mass is 16.5. The molecule has 2 atom stereocenters. The SMILES string of the molecule is CCC1COCCN1C(CN)c1cc(C)cc(C)c1. The lowest BCUT2D eigenvalue weighted by molar-refractivity contribution is -0.0291. The van der Waals surface area contributed by atoms with Gasteiger partial charge in [0.05, 0.1) is 13.2 Å². The zero-order valence-corrected chi connectivity index (χ0v) is 12.4. The summed E-state index contributed by atoms with van der Waals surface area (Å²) in [5.74, 6) is 0. The lowest BCUT2D eigenvalue weighted by Gasteiger charge is -2.40. The van der Waals surface area contributed by atoms with E-state index in [0.717, 1.165) is 26.2 Å². The molecule has 0 spiro atoms. The van der Waals surface area contributed by atoms with Crippen LogP contribution in [0.2, 0.25) is 0 Å². The molecule has 0 aliphatic carbocycles. The molecular formula is C16H26N2O. The molecule has 1 aliphatic heterocycles. The molecule has 1 aromatic carbocycles. The highest BCUT2D eigenvalue weighted by Crippen LogP contribution is 2.26. The average molecular weight is 262 g/mol. The summed E-state index contributed by atoms with van der Waals surface area (Å²) in [4.78, 5) is 2.53.